The van der Waals surface area contributed by atoms with Crippen LogP contribution in [0.25, 0.3) is 0 Å². The van der Waals surface area contributed by atoms with E-state index in [9.17, 15) is 0 Å². The number of ether oxygens (including phenoxy) is 3. The van der Waals surface area contributed by atoms with Crippen molar-refractivity contribution < 1.29 is 14.2 Å². The molecule has 0 bridgehead atoms. The number of nitrogens with one attached hydrogen (secondary N) is 1. The Morgan fingerprint density at radius 3 is 2.76 bits per heavy atom. The van der Waals surface area contributed by atoms with Crippen LogP contribution in [0.15, 0.2) is 4.99 Å². The topological polar surface area (TPSA) is 58.6 Å². The highest BCUT2D eigenvalue weighted by atomic mass is 127. The zero-order chi connectivity index (χ0) is 17.0. The molecule has 0 aromatic rings. The molecule has 0 amide bonds. The Morgan fingerprint density at radius 2 is 2.04 bits per heavy atom. The first-order valence-corrected chi connectivity index (χ1v) is 9.23. The quantitative estimate of drug-likeness (QED) is 0.234. The summed E-state index contributed by atoms with van der Waals surface area (Å²) in [4.78, 5) is 9.61. The molecule has 0 aromatic heterocycles. The molecule has 1 N–H and O–H groups in total. The van der Waals surface area contributed by atoms with E-state index in [1.54, 1.807) is 7.11 Å². The van der Waals surface area contributed by atoms with Crippen LogP contribution >= 0.6 is 24.0 Å². The van der Waals surface area contributed by atoms with Crippen LogP contribution in [0.2, 0.25) is 0 Å². The van der Waals surface area contributed by atoms with Gasteiger partial charge in [0.1, 0.15) is 0 Å². The summed E-state index contributed by atoms with van der Waals surface area (Å²) < 4.78 is 16.1. The summed E-state index contributed by atoms with van der Waals surface area (Å²) in [5.41, 5.74) is 0. The van der Waals surface area contributed by atoms with E-state index in [2.05, 4.69) is 22.0 Å². The van der Waals surface area contributed by atoms with Crippen molar-refractivity contribution >= 4 is 29.9 Å². The summed E-state index contributed by atoms with van der Waals surface area (Å²) in [6.45, 7) is 12.9. The van der Waals surface area contributed by atoms with Crippen molar-refractivity contribution in [2.24, 2.45) is 10.9 Å². The van der Waals surface area contributed by atoms with Crippen LogP contribution in [-0.4, -0.2) is 102 Å². The van der Waals surface area contributed by atoms with E-state index in [1.165, 1.54) is 6.42 Å². The van der Waals surface area contributed by atoms with Gasteiger partial charge in [-0.15, -0.1) is 24.0 Å². The molecule has 2 heterocycles. The molecule has 2 fully saturated rings. The van der Waals surface area contributed by atoms with E-state index in [-0.39, 0.29) is 24.0 Å². The number of halogens is 1. The number of morpholine rings is 1. The van der Waals surface area contributed by atoms with Gasteiger partial charge >= 0.3 is 0 Å². The average Bonchev–Trinajstić information content (AvgIpc) is 3.08. The maximum absolute atomic E-state index is 5.68. The number of likely N-dealkylation sites (tertiary alicyclic amines) is 1. The number of methoxy groups -OCH3 is 1. The van der Waals surface area contributed by atoms with E-state index in [1.807, 2.05) is 0 Å². The van der Waals surface area contributed by atoms with Gasteiger partial charge in [0.2, 0.25) is 0 Å². The highest BCUT2D eigenvalue weighted by Gasteiger charge is 2.25. The van der Waals surface area contributed by atoms with Gasteiger partial charge in [-0.25, -0.2) is 0 Å². The third-order valence-corrected chi connectivity index (χ3v) is 4.49. The molecule has 2 saturated heterocycles. The summed E-state index contributed by atoms with van der Waals surface area (Å²) in [6, 6.07) is 0. The third-order valence-electron chi connectivity index (χ3n) is 4.49. The van der Waals surface area contributed by atoms with Crippen molar-refractivity contribution in [1.82, 2.24) is 15.1 Å². The minimum absolute atomic E-state index is 0. The van der Waals surface area contributed by atoms with E-state index in [0.29, 0.717) is 19.1 Å². The Morgan fingerprint density at radius 1 is 1.24 bits per heavy atom. The smallest absolute Gasteiger partial charge is 0.193 e. The number of aliphatic imine (C=N–C) groups is 1. The van der Waals surface area contributed by atoms with Gasteiger partial charge in [-0.1, -0.05) is 0 Å². The molecular weight excluding hydrogens is 435 g/mol. The Labute approximate surface area is 169 Å². The van der Waals surface area contributed by atoms with Crippen molar-refractivity contribution in [2.75, 3.05) is 86.0 Å². The highest BCUT2D eigenvalue weighted by Crippen LogP contribution is 2.16. The molecule has 25 heavy (non-hydrogen) atoms. The van der Waals surface area contributed by atoms with Crippen molar-refractivity contribution in [2.45, 2.75) is 13.3 Å². The van der Waals surface area contributed by atoms with Crippen LogP contribution in [-0.2, 0) is 14.2 Å². The lowest BCUT2D eigenvalue weighted by molar-refractivity contribution is 0.0394. The van der Waals surface area contributed by atoms with Gasteiger partial charge in [0.25, 0.3) is 0 Å². The van der Waals surface area contributed by atoms with Crippen LogP contribution in [0.1, 0.15) is 13.3 Å². The third kappa shape index (κ3) is 8.85. The molecule has 0 radical (unpaired) electrons. The Balaban J connectivity index is 0.00000312. The number of hydrogen-bond acceptors (Lipinski definition) is 5. The molecule has 148 valence electrons. The lowest BCUT2D eigenvalue weighted by Crippen LogP contribution is -2.41. The van der Waals surface area contributed by atoms with Crippen LogP contribution in [0.3, 0.4) is 0 Å². The zero-order valence-corrected chi connectivity index (χ0v) is 18.1. The molecule has 2 aliphatic heterocycles. The Hall–Kier alpha value is -0.160. The fourth-order valence-corrected chi connectivity index (χ4v) is 3.10. The predicted octanol–water partition coefficient (Wildman–Crippen LogP) is 0.887. The van der Waals surface area contributed by atoms with Gasteiger partial charge in [0.05, 0.1) is 39.6 Å². The number of rotatable bonds is 9. The minimum atomic E-state index is 0. The molecule has 0 aromatic carbocycles. The molecule has 0 spiro atoms. The molecule has 0 saturated carbocycles. The molecular formula is C17H35IN4O3. The lowest BCUT2D eigenvalue weighted by atomic mass is 10.1. The second-order valence-corrected chi connectivity index (χ2v) is 6.36. The normalized spacial score (nSPS) is 22.1. The largest absolute Gasteiger partial charge is 0.382 e. The minimum Gasteiger partial charge on any atom is -0.382 e. The first kappa shape index (κ1) is 22.9. The predicted molar refractivity (Wildman–Crippen MR) is 111 cm³/mol. The monoisotopic (exact) mass is 470 g/mol. The summed E-state index contributed by atoms with van der Waals surface area (Å²) in [5, 5.41) is 3.43. The summed E-state index contributed by atoms with van der Waals surface area (Å²) >= 11 is 0. The van der Waals surface area contributed by atoms with Crippen molar-refractivity contribution in [3.63, 3.8) is 0 Å². The average molecular weight is 470 g/mol. The summed E-state index contributed by atoms with van der Waals surface area (Å²) in [7, 11) is 1.71. The van der Waals surface area contributed by atoms with E-state index in [0.717, 1.165) is 71.6 Å². The fraction of sp³-hybridized carbons (Fsp3) is 0.941. The Kier molecular flexibility index (Phi) is 12.8. The first-order chi connectivity index (χ1) is 11.8. The molecule has 8 heteroatoms. The van der Waals surface area contributed by atoms with Crippen molar-refractivity contribution in [1.29, 1.82) is 0 Å². The van der Waals surface area contributed by atoms with E-state index >= 15 is 0 Å². The summed E-state index contributed by atoms with van der Waals surface area (Å²) in [5.74, 6) is 1.63. The molecule has 7 nitrogen and oxygen atoms in total. The van der Waals surface area contributed by atoms with Gasteiger partial charge in [-0.2, -0.15) is 0 Å². The second kappa shape index (κ2) is 14.0. The van der Waals surface area contributed by atoms with Gasteiger partial charge in [-0.3, -0.25) is 9.89 Å². The number of hydrogen-bond donors (Lipinski definition) is 1. The molecule has 1 atom stereocenters. The molecule has 1 unspecified atom stereocenters. The summed E-state index contributed by atoms with van der Waals surface area (Å²) in [6.07, 6.45) is 1.17. The van der Waals surface area contributed by atoms with Gasteiger partial charge in [0.15, 0.2) is 5.96 Å². The number of guanidine groups is 1. The Bertz CT molecular complexity index is 368. The highest BCUT2D eigenvalue weighted by molar-refractivity contribution is 14.0. The van der Waals surface area contributed by atoms with Crippen molar-refractivity contribution in [3.05, 3.63) is 0 Å². The van der Waals surface area contributed by atoms with Crippen molar-refractivity contribution in [3.8, 4) is 0 Å². The van der Waals surface area contributed by atoms with Crippen LogP contribution < -0.4 is 5.32 Å². The fourth-order valence-electron chi connectivity index (χ4n) is 3.10. The van der Waals surface area contributed by atoms with Crippen LogP contribution in [0.5, 0.6) is 0 Å². The second-order valence-electron chi connectivity index (χ2n) is 6.36. The standard InChI is InChI=1S/C17H34N4O3.HI/c1-3-18-17(19-5-7-20-8-10-23-11-9-20)21-6-4-16(14-21)15-24-13-12-22-2;/h16H,3-15H2,1-2H3,(H,18,19);1H. The molecule has 2 aliphatic rings. The van der Waals surface area contributed by atoms with Gasteiger partial charge < -0.3 is 24.4 Å². The van der Waals surface area contributed by atoms with E-state index in [4.69, 9.17) is 19.2 Å². The van der Waals surface area contributed by atoms with Crippen LogP contribution in [0, 0.1) is 5.92 Å². The van der Waals surface area contributed by atoms with Crippen LogP contribution in [0.4, 0.5) is 0 Å². The maximum Gasteiger partial charge on any atom is 0.193 e. The first-order valence-electron chi connectivity index (χ1n) is 9.23. The van der Waals surface area contributed by atoms with Gasteiger partial charge in [0, 0.05) is 52.3 Å². The van der Waals surface area contributed by atoms with Gasteiger partial charge in [-0.05, 0) is 13.3 Å². The van der Waals surface area contributed by atoms with E-state index < -0.39 is 0 Å². The molecule has 2 rings (SSSR count). The SMILES string of the molecule is CCNC(=NCCN1CCOCC1)N1CCC(COCCOC)C1.I. The maximum atomic E-state index is 5.68. The lowest BCUT2D eigenvalue weighted by Gasteiger charge is -2.26. The number of nitrogens with zero attached hydrogens (tertiary/aromatic N) is 3. The molecule has 0 aliphatic carbocycles. The zero-order valence-electron chi connectivity index (χ0n) is 15.7.